The molecule has 1 N–H and O–H groups in total. The van der Waals surface area contributed by atoms with Crippen molar-refractivity contribution in [2.75, 3.05) is 19.1 Å². The Morgan fingerprint density at radius 1 is 0.923 bits per heavy atom. The Bertz CT molecular complexity index is 1520. The van der Waals surface area contributed by atoms with Gasteiger partial charge < -0.3 is 14.6 Å². The molecule has 2 aromatic rings. The van der Waals surface area contributed by atoms with Gasteiger partial charge in [-0.05, 0) is 43.9 Å². The molecule has 0 saturated carbocycles. The largest absolute Gasteiger partial charge is 0.508 e. The third kappa shape index (κ3) is 3.58. The number of phenolic OH excluding ortho intramolecular Hbond substituents is 1. The van der Waals surface area contributed by atoms with Crippen LogP contribution in [0.15, 0.2) is 76.9 Å². The topological polar surface area (TPSA) is 110 Å². The molecule has 1 saturated heterocycles. The number of methoxy groups -OCH3 is 2. The number of amides is 2. The molecule has 3 aliphatic carbocycles. The second-order valence-electron chi connectivity index (χ2n) is 10.3. The van der Waals surface area contributed by atoms with Crippen LogP contribution in [0.5, 0.6) is 17.2 Å². The normalized spacial score (nSPS) is 26.1. The van der Waals surface area contributed by atoms with Crippen LogP contribution in [0.4, 0.5) is 5.69 Å². The Morgan fingerprint density at radius 2 is 1.59 bits per heavy atom. The third-order valence-electron chi connectivity index (χ3n) is 8.39. The van der Waals surface area contributed by atoms with E-state index < -0.39 is 23.7 Å². The molecule has 39 heavy (non-hydrogen) atoms. The van der Waals surface area contributed by atoms with Gasteiger partial charge in [0, 0.05) is 40.3 Å². The van der Waals surface area contributed by atoms with Crippen molar-refractivity contribution in [3.63, 3.8) is 0 Å². The number of ketones is 2. The number of imide groups is 1. The molecule has 1 aliphatic heterocycles. The highest BCUT2D eigenvalue weighted by atomic mass is 16.5. The molecule has 4 unspecified atom stereocenters. The van der Waals surface area contributed by atoms with Crippen molar-refractivity contribution in [1.29, 1.82) is 0 Å². The van der Waals surface area contributed by atoms with Crippen molar-refractivity contribution < 1.29 is 33.8 Å². The summed E-state index contributed by atoms with van der Waals surface area (Å²) in [6.45, 7) is 1.61. The SMILES string of the molecule is COc1cc(O)cc(OC)c1C1C2=CCC3C(=O)N(c4ccccc4)C(=O)C3C2CC2=C1C(=O)C=C(C)C2=O. The highest BCUT2D eigenvalue weighted by Crippen LogP contribution is 2.58. The number of aromatic hydroxyl groups is 1. The van der Waals surface area contributed by atoms with Crippen molar-refractivity contribution in [3.8, 4) is 17.2 Å². The maximum atomic E-state index is 13.9. The molecule has 2 aromatic carbocycles. The van der Waals surface area contributed by atoms with Crippen LogP contribution in [0.2, 0.25) is 0 Å². The minimum Gasteiger partial charge on any atom is -0.508 e. The summed E-state index contributed by atoms with van der Waals surface area (Å²) in [5.74, 6) is -3.08. The minimum atomic E-state index is -0.750. The number of ether oxygens (including phenoxy) is 2. The number of nitrogens with zero attached hydrogens (tertiary/aromatic N) is 1. The number of hydrogen-bond donors (Lipinski definition) is 1. The lowest BCUT2D eigenvalue weighted by molar-refractivity contribution is -0.123. The fourth-order valence-electron chi connectivity index (χ4n) is 6.75. The maximum absolute atomic E-state index is 13.9. The molecule has 6 rings (SSSR count). The van der Waals surface area contributed by atoms with Gasteiger partial charge >= 0.3 is 0 Å². The van der Waals surface area contributed by atoms with Gasteiger partial charge in [0.2, 0.25) is 11.8 Å². The highest BCUT2D eigenvalue weighted by Gasteiger charge is 2.57. The van der Waals surface area contributed by atoms with Crippen LogP contribution in [-0.4, -0.2) is 42.7 Å². The first-order chi connectivity index (χ1) is 18.8. The van der Waals surface area contributed by atoms with Gasteiger partial charge in [0.1, 0.15) is 17.2 Å². The number of carbonyl (C=O) groups excluding carboxylic acids is 4. The van der Waals surface area contributed by atoms with Crippen LogP contribution in [0.25, 0.3) is 0 Å². The monoisotopic (exact) mass is 525 g/mol. The first-order valence-electron chi connectivity index (χ1n) is 12.8. The van der Waals surface area contributed by atoms with Crippen LogP contribution >= 0.6 is 0 Å². The molecule has 0 spiro atoms. The molecule has 8 nitrogen and oxygen atoms in total. The van der Waals surface area contributed by atoms with E-state index in [0.29, 0.717) is 45.9 Å². The van der Waals surface area contributed by atoms with Gasteiger partial charge in [0.15, 0.2) is 11.6 Å². The van der Waals surface area contributed by atoms with Crippen molar-refractivity contribution in [1.82, 2.24) is 0 Å². The van der Waals surface area contributed by atoms with E-state index in [9.17, 15) is 24.3 Å². The van der Waals surface area contributed by atoms with Gasteiger partial charge in [0.05, 0.1) is 31.7 Å². The van der Waals surface area contributed by atoms with E-state index in [2.05, 4.69) is 0 Å². The van der Waals surface area contributed by atoms with Gasteiger partial charge in [0.25, 0.3) is 0 Å². The second kappa shape index (κ2) is 9.08. The quantitative estimate of drug-likeness (QED) is 0.364. The van der Waals surface area contributed by atoms with Crippen molar-refractivity contribution >= 4 is 29.1 Å². The lowest BCUT2D eigenvalue weighted by Gasteiger charge is -2.42. The highest BCUT2D eigenvalue weighted by molar-refractivity contribution is 6.25. The van der Waals surface area contributed by atoms with Gasteiger partial charge in [-0.1, -0.05) is 29.8 Å². The minimum absolute atomic E-state index is 0.0800. The number of para-hydroxylation sites is 1. The van der Waals surface area contributed by atoms with Crippen LogP contribution in [-0.2, 0) is 19.2 Å². The molecular formula is C31H27NO7. The van der Waals surface area contributed by atoms with Crippen LogP contribution in [0, 0.1) is 17.8 Å². The molecule has 198 valence electrons. The van der Waals surface area contributed by atoms with E-state index in [1.165, 1.54) is 37.3 Å². The molecule has 2 amide bonds. The molecular weight excluding hydrogens is 498 g/mol. The fourth-order valence-corrected chi connectivity index (χ4v) is 6.75. The van der Waals surface area contributed by atoms with E-state index in [1.807, 2.05) is 12.1 Å². The van der Waals surface area contributed by atoms with E-state index in [4.69, 9.17) is 9.47 Å². The van der Waals surface area contributed by atoms with Gasteiger partial charge in [-0.2, -0.15) is 0 Å². The molecule has 8 heteroatoms. The van der Waals surface area contributed by atoms with Crippen LogP contribution < -0.4 is 14.4 Å². The molecule has 4 aliphatic rings. The fraction of sp³-hybridized carbons (Fsp3) is 0.290. The predicted molar refractivity (Wildman–Crippen MR) is 141 cm³/mol. The zero-order valence-electron chi connectivity index (χ0n) is 21.8. The number of carbonyl (C=O) groups is 4. The van der Waals surface area contributed by atoms with Crippen LogP contribution in [0.3, 0.4) is 0 Å². The summed E-state index contributed by atoms with van der Waals surface area (Å²) in [7, 11) is 2.90. The summed E-state index contributed by atoms with van der Waals surface area (Å²) in [6, 6.07) is 11.7. The number of fused-ring (bicyclic) bond motifs is 3. The predicted octanol–water partition coefficient (Wildman–Crippen LogP) is 4.04. The summed E-state index contributed by atoms with van der Waals surface area (Å²) in [5, 5.41) is 10.3. The summed E-state index contributed by atoms with van der Waals surface area (Å²) >= 11 is 0. The molecule has 1 fully saturated rings. The average molecular weight is 526 g/mol. The van der Waals surface area contributed by atoms with Gasteiger partial charge in [-0.3, -0.25) is 24.1 Å². The van der Waals surface area contributed by atoms with Gasteiger partial charge in [-0.25, -0.2) is 0 Å². The number of hydrogen-bond acceptors (Lipinski definition) is 7. The third-order valence-corrected chi connectivity index (χ3v) is 8.39. The first kappa shape index (κ1) is 24.9. The standard InChI is InChI=1S/C31H27NO7/c1-15-11-22(34)26-21(29(15)35)14-20-18(27(26)28-23(38-2)12-17(33)13-24(28)39-3)9-10-19-25(20)31(37)32(30(19)36)16-7-5-4-6-8-16/h4-9,11-13,19-20,25,27,33H,10,14H2,1-3H3. The second-order valence-corrected chi connectivity index (χ2v) is 10.3. The van der Waals surface area contributed by atoms with E-state index in [-0.39, 0.29) is 35.6 Å². The molecule has 0 radical (unpaired) electrons. The Morgan fingerprint density at radius 3 is 2.23 bits per heavy atom. The average Bonchev–Trinajstić information content (AvgIpc) is 3.20. The summed E-state index contributed by atoms with van der Waals surface area (Å²) in [5.41, 5.74) is 2.80. The van der Waals surface area contributed by atoms with E-state index in [1.54, 1.807) is 31.2 Å². The summed E-state index contributed by atoms with van der Waals surface area (Å²) < 4.78 is 11.3. The molecule has 4 atom stereocenters. The van der Waals surface area contributed by atoms with E-state index >= 15 is 0 Å². The van der Waals surface area contributed by atoms with Gasteiger partial charge in [-0.15, -0.1) is 0 Å². The summed E-state index contributed by atoms with van der Waals surface area (Å²) in [4.78, 5) is 55.7. The Balaban J connectivity index is 1.56. The number of rotatable bonds is 4. The zero-order valence-corrected chi connectivity index (χ0v) is 21.8. The van der Waals surface area contributed by atoms with E-state index in [0.717, 1.165) is 5.57 Å². The number of benzene rings is 2. The molecule has 0 bridgehead atoms. The van der Waals surface area contributed by atoms with Crippen molar-refractivity contribution in [2.24, 2.45) is 17.8 Å². The first-order valence-corrected chi connectivity index (χ1v) is 12.8. The summed E-state index contributed by atoms with van der Waals surface area (Å²) in [6.07, 6.45) is 3.79. The van der Waals surface area contributed by atoms with Crippen LogP contribution in [0.1, 0.15) is 31.2 Å². The lowest BCUT2D eigenvalue weighted by atomic mass is 9.59. The number of anilines is 1. The Hall–Kier alpha value is -4.46. The van der Waals surface area contributed by atoms with Crippen molar-refractivity contribution in [2.45, 2.75) is 25.7 Å². The Labute approximate surface area is 225 Å². The number of Topliss-reactive ketones (excluding diaryl/α,β-unsaturated/α-hetero) is 1. The number of allylic oxidation sites excluding steroid dienone is 6. The zero-order chi connectivity index (χ0) is 27.6. The number of phenols is 1. The smallest absolute Gasteiger partial charge is 0.238 e. The molecule has 0 aromatic heterocycles. The lowest BCUT2D eigenvalue weighted by Crippen LogP contribution is -2.40. The Kier molecular flexibility index (Phi) is 5.79. The molecule has 1 heterocycles. The van der Waals surface area contributed by atoms with Crippen molar-refractivity contribution in [3.05, 3.63) is 82.5 Å². The maximum Gasteiger partial charge on any atom is 0.238 e.